The second-order valence-corrected chi connectivity index (χ2v) is 5.45. The van der Waals surface area contributed by atoms with Crippen molar-refractivity contribution in [1.29, 1.82) is 0 Å². The van der Waals surface area contributed by atoms with Gasteiger partial charge in [-0.2, -0.15) is 0 Å². The average molecular weight is 345 g/mol. The third-order valence-electron chi connectivity index (χ3n) is 4.10. The Morgan fingerprint density at radius 3 is 2.86 bits per heavy atom. The second kappa shape index (κ2) is 7.81. The summed E-state index contributed by atoms with van der Waals surface area (Å²) < 4.78 is 1.95. The maximum absolute atomic E-state index is 12.4. The van der Waals surface area contributed by atoms with Crippen LogP contribution in [0.3, 0.4) is 0 Å². The van der Waals surface area contributed by atoms with E-state index in [2.05, 4.69) is 24.1 Å². The lowest BCUT2D eigenvalue weighted by atomic mass is 10.1. The number of halogens is 2. The lowest BCUT2D eigenvalue weighted by Gasteiger charge is -2.38. The molecule has 1 amide bonds. The Morgan fingerprint density at radius 2 is 2.14 bits per heavy atom. The number of hydrogen-bond donors (Lipinski definition) is 1. The van der Waals surface area contributed by atoms with E-state index in [1.807, 2.05) is 39.9 Å². The van der Waals surface area contributed by atoms with Crippen molar-refractivity contribution in [3.05, 3.63) is 36.3 Å². The molecule has 0 bridgehead atoms. The first-order chi connectivity index (χ1) is 9.65. The van der Waals surface area contributed by atoms with Gasteiger partial charge in [-0.25, -0.2) is 4.98 Å². The molecule has 3 rings (SSSR count). The van der Waals surface area contributed by atoms with Crippen LogP contribution in [-0.2, 0) is 11.2 Å². The van der Waals surface area contributed by atoms with Crippen LogP contribution in [0.5, 0.6) is 0 Å². The van der Waals surface area contributed by atoms with E-state index in [1.165, 1.54) is 0 Å². The molecule has 0 saturated carbocycles. The summed E-state index contributed by atoms with van der Waals surface area (Å²) in [6, 6.07) is 6.43. The molecule has 0 spiro atoms. The van der Waals surface area contributed by atoms with Crippen LogP contribution in [0.15, 0.2) is 30.6 Å². The summed E-state index contributed by atoms with van der Waals surface area (Å²) in [6.07, 6.45) is 4.26. The summed E-state index contributed by atoms with van der Waals surface area (Å²) in [5.74, 6) is 0.161. The molecule has 7 heteroatoms. The van der Waals surface area contributed by atoms with Gasteiger partial charge in [0.15, 0.2) is 0 Å². The summed E-state index contributed by atoms with van der Waals surface area (Å²) in [4.78, 5) is 18.9. The van der Waals surface area contributed by atoms with Gasteiger partial charge in [-0.05, 0) is 26.0 Å². The van der Waals surface area contributed by atoms with Crippen LogP contribution in [0.1, 0.15) is 19.5 Å². The zero-order valence-corrected chi connectivity index (χ0v) is 14.4. The number of imidazole rings is 1. The summed E-state index contributed by atoms with van der Waals surface area (Å²) >= 11 is 0. The van der Waals surface area contributed by atoms with Gasteiger partial charge in [0, 0.05) is 37.6 Å². The quantitative estimate of drug-likeness (QED) is 0.905. The fourth-order valence-electron chi connectivity index (χ4n) is 2.74. The van der Waals surface area contributed by atoms with Crippen molar-refractivity contribution in [2.45, 2.75) is 32.4 Å². The minimum Gasteiger partial charge on any atom is -0.337 e. The van der Waals surface area contributed by atoms with Gasteiger partial charge < -0.3 is 14.6 Å². The van der Waals surface area contributed by atoms with Crippen LogP contribution in [0, 0.1) is 0 Å². The maximum Gasteiger partial charge on any atom is 0.228 e. The normalized spacial score (nSPS) is 21.1. The molecule has 1 aliphatic heterocycles. The van der Waals surface area contributed by atoms with Crippen molar-refractivity contribution >= 4 is 36.4 Å². The Balaban J connectivity index is 0.00000121. The number of carbonyl (C=O) groups is 1. The van der Waals surface area contributed by atoms with E-state index in [1.54, 1.807) is 0 Å². The molecule has 1 N–H and O–H groups in total. The maximum atomic E-state index is 12.4. The van der Waals surface area contributed by atoms with Crippen molar-refractivity contribution in [2.75, 3.05) is 13.1 Å². The first-order valence-corrected chi connectivity index (χ1v) is 7.10. The first-order valence-electron chi connectivity index (χ1n) is 7.10. The number of pyridine rings is 1. The Hall–Kier alpha value is -1.30. The number of hydrogen-bond acceptors (Lipinski definition) is 3. The predicted molar refractivity (Wildman–Crippen MR) is 92.0 cm³/mol. The zero-order valence-electron chi connectivity index (χ0n) is 12.7. The average Bonchev–Trinajstić information content (AvgIpc) is 2.83. The Morgan fingerprint density at radius 1 is 1.36 bits per heavy atom. The zero-order chi connectivity index (χ0) is 14.1. The summed E-state index contributed by atoms with van der Waals surface area (Å²) in [5, 5.41) is 3.39. The molecule has 5 nitrogen and oxygen atoms in total. The van der Waals surface area contributed by atoms with Crippen molar-refractivity contribution in [3.63, 3.8) is 0 Å². The van der Waals surface area contributed by atoms with Crippen molar-refractivity contribution in [3.8, 4) is 0 Å². The summed E-state index contributed by atoms with van der Waals surface area (Å²) in [6.45, 7) is 5.85. The van der Waals surface area contributed by atoms with Gasteiger partial charge in [0.1, 0.15) is 5.65 Å². The van der Waals surface area contributed by atoms with Crippen LogP contribution in [-0.4, -0.2) is 45.4 Å². The summed E-state index contributed by atoms with van der Waals surface area (Å²) in [5.41, 5.74) is 1.72. The Kier molecular flexibility index (Phi) is 6.66. The highest BCUT2D eigenvalue weighted by atomic mass is 35.5. The standard InChI is InChI=1S/C15H20N4O.2ClH/c1-11-12(2)19(8-6-16-11)15(20)9-13-10-18-7-4-3-5-14(18)17-13;;/h3-5,7,10-12,16H,6,8-9H2,1-2H3;2*1H. The molecule has 3 heterocycles. The number of rotatable bonds is 2. The van der Waals surface area contributed by atoms with Gasteiger partial charge in [0.2, 0.25) is 5.91 Å². The number of aromatic nitrogens is 2. The van der Waals surface area contributed by atoms with Crippen molar-refractivity contribution in [2.24, 2.45) is 0 Å². The van der Waals surface area contributed by atoms with E-state index in [0.717, 1.165) is 24.4 Å². The highest BCUT2D eigenvalue weighted by Gasteiger charge is 2.28. The Labute approximate surface area is 142 Å². The minimum absolute atomic E-state index is 0. The molecule has 1 aliphatic rings. The number of piperazine rings is 1. The van der Waals surface area contributed by atoms with Gasteiger partial charge in [0.05, 0.1) is 12.1 Å². The minimum atomic E-state index is 0. The van der Waals surface area contributed by atoms with E-state index < -0.39 is 0 Å². The van der Waals surface area contributed by atoms with Crippen LogP contribution < -0.4 is 5.32 Å². The van der Waals surface area contributed by atoms with Gasteiger partial charge in [-0.3, -0.25) is 4.79 Å². The number of nitrogens with zero attached hydrogens (tertiary/aromatic N) is 3. The largest absolute Gasteiger partial charge is 0.337 e. The fraction of sp³-hybridized carbons (Fsp3) is 0.467. The third-order valence-corrected chi connectivity index (χ3v) is 4.10. The molecule has 2 atom stereocenters. The smallest absolute Gasteiger partial charge is 0.228 e. The molecular weight excluding hydrogens is 323 g/mol. The van der Waals surface area contributed by atoms with Crippen molar-refractivity contribution in [1.82, 2.24) is 19.6 Å². The molecule has 22 heavy (non-hydrogen) atoms. The highest BCUT2D eigenvalue weighted by molar-refractivity contribution is 5.85. The molecule has 1 fully saturated rings. The molecular formula is C15H22Cl2N4O. The number of fused-ring (bicyclic) bond motifs is 1. The molecule has 2 aromatic heterocycles. The van der Waals surface area contributed by atoms with E-state index in [-0.39, 0.29) is 36.8 Å². The highest BCUT2D eigenvalue weighted by Crippen LogP contribution is 2.12. The molecule has 0 aromatic carbocycles. The number of carbonyl (C=O) groups excluding carboxylic acids is 1. The number of nitrogens with one attached hydrogen (secondary N) is 1. The van der Waals surface area contributed by atoms with Crippen LogP contribution in [0.4, 0.5) is 0 Å². The van der Waals surface area contributed by atoms with Gasteiger partial charge >= 0.3 is 0 Å². The van der Waals surface area contributed by atoms with E-state index >= 15 is 0 Å². The molecule has 0 radical (unpaired) electrons. The van der Waals surface area contributed by atoms with E-state index in [9.17, 15) is 4.79 Å². The molecule has 2 aromatic rings. The fourth-order valence-corrected chi connectivity index (χ4v) is 2.74. The van der Waals surface area contributed by atoms with E-state index in [0.29, 0.717) is 12.5 Å². The SMILES string of the molecule is CC1NCCN(C(=O)Cc2cn3ccccc3n2)C1C.Cl.Cl. The predicted octanol–water partition coefficient (Wildman–Crippen LogP) is 1.93. The van der Waals surface area contributed by atoms with Gasteiger partial charge in [-0.1, -0.05) is 6.07 Å². The van der Waals surface area contributed by atoms with Crippen LogP contribution >= 0.6 is 24.8 Å². The van der Waals surface area contributed by atoms with Crippen LogP contribution in [0.2, 0.25) is 0 Å². The molecule has 2 unspecified atom stereocenters. The van der Waals surface area contributed by atoms with E-state index in [4.69, 9.17) is 0 Å². The lowest BCUT2D eigenvalue weighted by molar-refractivity contribution is -0.134. The first kappa shape index (κ1) is 18.7. The van der Waals surface area contributed by atoms with Crippen LogP contribution in [0.25, 0.3) is 5.65 Å². The number of amides is 1. The topological polar surface area (TPSA) is 49.6 Å². The second-order valence-electron chi connectivity index (χ2n) is 5.45. The third kappa shape index (κ3) is 3.72. The summed E-state index contributed by atoms with van der Waals surface area (Å²) in [7, 11) is 0. The lowest BCUT2D eigenvalue weighted by Crippen LogP contribution is -2.57. The molecule has 122 valence electrons. The monoisotopic (exact) mass is 344 g/mol. The van der Waals surface area contributed by atoms with Gasteiger partial charge in [0.25, 0.3) is 0 Å². The molecule has 1 saturated heterocycles. The van der Waals surface area contributed by atoms with Crippen molar-refractivity contribution < 1.29 is 4.79 Å². The Bertz CT molecular complexity index is 598. The van der Waals surface area contributed by atoms with Gasteiger partial charge in [-0.15, -0.1) is 24.8 Å². The molecule has 0 aliphatic carbocycles.